The van der Waals surface area contributed by atoms with Crippen LogP contribution in [0.5, 0.6) is 0 Å². The normalized spacial score (nSPS) is 11.8. The van der Waals surface area contributed by atoms with Gasteiger partial charge in [0.2, 0.25) is 5.91 Å². The fourth-order valence-corrected chi connectivity index (χ4v) is 2.05. The highest BCUT2D eigenvalue weighted by molar-refractivity contribution is 9.10. The Bertz CT molecular complexity index is 650. The van der Waals surface area contributed by atoms with Gasteiger partial charge in [0.15, 0.2) is 0 Å². The van der Waals surface area contributed by atoms with Crippen molar-refractivity contribution in [2.45, 2.75) is 13.0 Å². The molecular weight excluding hydrogens is 342 g/mol. The van der Waals surface area contributed by atoms with Crippen LogP contribution in [-0.2, 0) is 4.79 Å². The first-order valence-electron chi connectivity index (χ1n) is 6.24. The number of amides is 1. The number of benzene rings is 2. The number of hydrogen-bond donors (Lipinski definition) is 2. The molecule has 2 aromatic carbocycles. The van der Waals surface area contributed by atoms with Gasteiger partial charge in [-0.05, 0) is 41.1 Å². The summed E-state index contributed by atoms with van der Waals surface area (Å²) >= 11 is 2.98. The molecule has 0 aromatic heterocycles. The predicted molar refractivity (Wildman–Crippen MR) is 82.2 cm³/mol. The molecule has 6 heteroatoms. The van der Waals surface area contributed by atoms with E-state index >= 15 is 0 Å². The van der Waals surface area contributed by atoms with Crippen LogP contribution in [-0.4, -0.2) is 11.9 Å². The van der Waals surface area contributed by atoms with Crippen molar-refractivity contribution in [2.24, 2.45) is 0 Å². The molecule has 0 heterocycles. The molecule has 0 radical (unpaired) electrons. The molecule has 0 aliphatic rings. The fraction of sp³-hybridized carbons (Fsp3) is 0.133. The van der Waals surface area contributed by atoms with Crippen molar-refractivity contribution >= 4 is 33.2 Å². The summed E-state index contributed by atoms with van der Waals surface area (Å²) in [7, 11) is 0. The lowest BCUT2D eigenvalue weighted by Gasteiger charge is -2.16. The van der Waals surface area contributed by atoms with Gasteiger partial charge in [0.05, 0.1) is 10.2 Å². The van der Waals surface area contributed by atoms with E-state index in [1.807, 2.05) is 6.07 Å². The second-order valence-corrected chi connectivity index (χ2v) is 5.32. The van der Waals surface area contributed by atoms with Gasteiger partial charge in [-0.25, -0.2) is 8.78 Å². The lowest BCUT2D eigenvalue weighted by atomic mass is 10.2. The molecule has 2 N–H and O–H groups in total. The Morgan fingerprint density at radius 3 is 2.48 bits per heavy atom. The molecule has 3 nitrogen and oxygen atoms in total. The lowest BCUT2D eigenvalue weighted by molar-refractivity contribution is -0.116. The van der Waals surface area contributed by atoms with Gasteiger partial charge in [-0.2, -0.15) is 0 Å². The first-order valence-corrected chi connectivity index (χ1v) is 7.03. The third-order valence-electron chi connectivity index (χ3n) is 2.82. The molecule has 0 saturated carbocycles. The van der Waals surface area contributed by atoms with Crippen LogP contribution in [0.3, 0.4) is 0 Å². The topological polar surface area (TPSA) is 41.1 Å². The van der Waals surface area contributed by atoms with E-state index in [1.54, 1.807) is 31.2 Å². The van der Waals surface area contributed by atoms with Gasteiger partial charge in [-0.3, -0.25) is 4.79 Å². The van der Waals surface area contributed by atoms with Crippen LogP contribution in [0.15, 0.2) is 46.9 Å². The highest BCUT2D eigenvalue weighted by Crippen LogP contribution is 2.24. The Balaban J connectivity index is 2.06. The van der Waals surface area contributed by atoms with Gasteiger partial charge in [0, 0.05) is 11.8 Å². The number of para-hydroxylation sites is 1. The van der Waals surface area contributed by atoms with Crippen LogP contribution >= 0.6 is 15.9 Å². The molecule has 0 bridgehead atoms. The smallest absolute Gasteiger partial charge is 0.246 e. The van der Waals surface area contributed by atoms with Gasteiger partial charge < -0.3 is 10.6 Å². The first-order chi connectivity index (χ1) is 9.97. The molecule has 1 amide bonds. The van der Waals surface area contributed by atoms with Crippen molar-refractivity contribution in [1.29, 1.82) is 0 Å². The Morgan fingerprint density at radius 1 is 1.14 bits per heavy atom. The number of rotatable bonds is 4. The molecule has 0 aliphatic heterocycles. The van der Waals surface area contributed by atoms with Gasteiger partial charge in [-0.1, -0.05) is 18.2 Å². The van der Waals surface area contributed by atoms with Crippen molar-refractivity contribution in [3.8, 4) is 0 Å². The molecule has 0 spiro atoms. The molecule has 2 aromatic rings. The van der Waals surface area contributed by atoms with Crippen LogP contribution in [0.2, 0.25) is 0 Å². The molecule has 2 rings (SSSR count). The second kappa shape index (κ2) is 6.67. The Hall–Kier alpha value is -1.95. The highest BCUT2D eigenvalue weighted by Gasteiger charge is 2.16. The van der Waals surface area contributed by atoms with Crippen molar-refractivity contribution in [1.82, 2.24) is 0 Å². The number of halogens is 3. The van der Waals surface area contributed by atoms with E-state index in [2.05, 4.69) is 26.6 Å². The van der Waals surface area contributed by atoms with Gasteiger partial charge >= 0.3 is 0 Å². The average Bonchev–Trinajstić information content (AvgIpc) is 2.45. The van der Waals surface area contributed by atoms with Gasteiger partial charge in [-0.15, -0.1) is 0 Å². The molecular formula is C15H13BrF2N2O. The van der Waals surface area contributed by atoms with E-state index in [0.29, 0.717) is 5.69 Å². The maximum absolute atomic E-state index is 13.6. The summed E-state index contributed by atoms with van der Waals surface area (Å²) in [6, 6.07) is 10.3. The monoisotopic (exact) mass is 354 g/mol. The largest absolute Gasteiger partial charge is 0.371 e. The van der Waals surface area contributed by atoms with Crippen LogP contribution in [0, 0.1) is 11.6 Å². The summed E-state index contributed by atoms with van der Waals surface area (Å²) in [5.74, 6) is -1.77. The number of anilines is 2. The molecule has 1 atom stereocenters. The minimum atomic E-state index is -0.755. The molecule has 21 heavy (non-hydrogen) atoms. The summed E-state index contributed by atoms with van der Waals surface area (Å²) in [5.41, 5.74) is 0.705. The number of carbonyl (C=O) groups is 1. The lowest BCUT2D eigenvalue weighted by Crippen LogP contribution is -2.32. The summed E-state index contributed by atoms with van der Waals surface area (Å²) < 4.78 is 26.9. The Morgan fingerprint density at radius 2 is 1.81 bits per heavy atom. The minimum Gasteiger partial charge on any atom is -0.371 e. The Labute approximate surface area is 129 Å². The van der Waals surface area contributed by atoms with E-state index in [4.69, 9.17) is 0 Å². The third kappa shape index (κ3) is 4.01. The predicted octanol–water partition coefficient (Wildman–Crippen LogP) is 4.17. The number of nitrogens with one attached hydrogen (secondary N) is 2. The SMILES string of the molecule is CC(Nc1cc(Br)c(F)cc1F)C(=O)Nc1ccccc1. The summed E-state index contributed by atoms with van der Waals surface area (Å²) in [6.07, 6.45) is 0. The van der Waals surface area contributed by atoms with Crippen LogP contribution in [0.1, 0.15) is 6.92 Å². The number of hydrogen-bond acceptors (Lipinski definition) is 2. The van der Waals surface area contributed by atoms with Gasteiger partial charge in [0.1, 0.15) is 17.7 Å². The Kier molecular flexibility index (Phi) is 4.90. The average molecular weight is 355 g/mol. The van der Waals surface area contributed by atoms with E-state index in [-0.39, 0.29) is 16.1 Å². The van der Waals surface area contributed by atoms with Crippen LogP contribution in [0.25, 0.3) is 0 Å². The van der Waals surface area contributed by atoms with E-state index < -0.39 is 17.7 Å². The molecule has 0 fully saturated rings. The van der Waals surface area contributed by atoms with E-state index in [9.17, 15) is 13.6 Å². The van der Waals surface area contributed by atoms with E-state index in [0.717, 1.165) is 6.07 Å². The van der Waals surface area contributed by atoms with Crippen LogP contribution in [0.4, 0.5) is 20.2 Å². The van der Waals surface area contributed by atoms with Crippen molar-refractivity contribution in [2.75, 3.05) is 10.6 Å². The maximum atomic E-state index is 13.6. The number of carbonyl (C=O) groups excluding carboxylic acids is 1. The maximum Gasteiger partial charge on any atom is 0.246 e. The zero-order chi connectivity index (χ0) is 15.4. The summed E-state index contributed by atoms with van der Waals surface area (Å²) in [6.45, 7) is 1.59. The van der Waals surface area contributed by atoms with Crippen molar-refractivity contribution in [3.05, 3.63) is 58.6 Å². The fourth-order valence-electron chi connectivity index (χ4n) is 1.70. The summed E-state index contributed by atoms with van der Waals surface area (Å²) in [4.78, 5) is 12.0. The quantitative estimate of drug-likeness (QED) is 0.809. The molecule has 1 unspecified atom stereocenters. The van der Waals surface area contributed by atoms with Crippen molar-refractivity contribution < 1.29 is 13.6 Å². The zero-order valence-electron chi connectivity index (χ0n) is 11.2. The molecule has 110 valence electrons. The third-order valence-corrected chi connectivity index (χ3v) is 3.42. The van der Waals surface area contributed by atoms with E-state index in [1.165, 1.54) is 6.07 Å². The van der Waals surface area contributed by atoms with Crippen molar-refractivity contribution in [3.63, 3.8) is 0 Å². The van der Waals surface area contributed by atoms with Gasteiger partial charge in [0.25, 0.3) is 0 Å². The molecule has 0 saturated heterocycles. The van der Waals surface area contributed by atoms with Crippen LogP contribution < -0.4 is 10.6 Å². The first kappa shape index (κ1) is 15.4. The minimum absolute atomic E-state index is 0.0546. The molecule has 0 aliphatic carbocycles. The highest BCUT2D eigenvalue weighted by atomic mass is 79.9. The standard InChI is InChI=1S/C15H13BrF2N2O/c1-9(15(21)20-10-5-3-2-4-6-10)19-14-7-11(16)12(17)8-13(14)18/h2-9,19H,1H3,(H,20,21). The summed E-state index contributed by atoms with van der Waals surface area (Å²) in [5, 5.41) is 5.41. The zero-order valence-corrected chi connectivity index (χ0v) is 12.7. The second-order valence-electron chi connectivity index (χ2n) is 4.47.